The number of carbonyl (C=O) groups is 1. The Morgan fingerprint density at radius 1 is 0.392 bits per heavy atom. The van der Waals surface area contributed by atoms with Crippen LogP contribution in [0, 0.1) is 0 Å². The zero-order valence-electron chi connectivity index (χ0n) is 41.5. The predicted octanol–water partition coefficient (Wildman–Crippen LogP) is 11.3. The van der Waals surface area contributed by atoms with Crippen LogP contribution in [0.1, 0.15) is 40.3 Å². The SMILES string of the molecule is CC(=O)OC1C(OC2C(COCc3ccccc3)OC(Sc3ccccc3)C(OCc3ccccc3)C2OCc2ccccc2)OC(COCc2ccccc2)C(OCc2ccccc2)C1OCc1ccccc1. The van der Waals surface area contributed by atoms with Crippen molar-refractivity contribution in [3.63, 3.8) is 0 Å². The molecular weight excluding hydrogens is 953 g/mol. The molecule has 0 N–H and O–H groups in total. The largest absolute Gasteiger partial charge is 0.454 e. The summed E-state index contributed by atoms with van der Waals surface area (Å²) >= 11 is 1.55. The zero-order chi connectivity index (χ0) is 50.6. The maximum Gasteiger partial charge on any atom is 0.303 e. The molecule has 10 unspecified atom stereocenters. The number of esters is 1. The molecule has 2 aliphatic rings. The minimum Gasteiger partial charge on any atom is -0.454 e. The standard InChI is InChI=1S/C62H64O11S/c1-45(63)70-59-57(67-40-49-29-15-5-16-30-49)55(66-39-48-27-13-4-14-28-48)53(43-64-37-46-23-9-2-10-24-46)71-61(59)73-56-54(44-65-38-47-25-11-3-12-26-47)72-62(74-52-35-21-8-22-36-52)60(69-42-51-33-19-7-20-34-51)58(56)68-41-50-31-17-6-18-32-50/h2-36,53-62H,37-44H2,1H3. The molecule has 0 radical (unpaired) electrons. The van der Waals surface area contributed by atoms with Crippen LogP contribution in [-0.2, 0) is 91.8 Å². The van der Waals surface area contributed by atoms with Gasteiger partial charge in [0.1, 0.15) is 48.2 Å². The van der Waals surface area contributed by atoms with Crippen LogP contribution in [0.4, 0.5) is 0 Å². The smallest absolute Gasteiger partial charge is 0.303 e. The van der Waals surface area contributed by atoms with Crippen LogP contribution in [0.3, 0.4) is 0 Å². The Hall–Kier alpha value is -6.00. The second-order valence-electron chi connectivity index (χ2n) is 18.2. The van der Waals surface area contributed by atoms with Crippen molar-refractivity contribution in [2.75, 3.05) is 13.2 Å². The van der Waals surface area contributed by atoms with E-state index in [1.54, 1.807) is 11.8 Å². The van der Waals surface area contributed by atoms with Crippen LogP contribution in [0.15, 0.2) is 217 Å². The van der Waals surface area contributed by atoms with E-state index < -0.39 is 66.5 Å². The third-order valence-electron chi connectivity index (χ3n) is 12.7. The first-order chi connectivity index (χ1) is 36.5. The van der Waals surface area contributed by atoms with Gasteiger partial charge in [0.15, 0.2) is 12.4 Å². The van der Waals surface area contributed by atoms with Crippen molar-refractivity contribution in [1.82, 2.24) is 0 Å². The Morgan fingerprint density at radius 3 is 1.14 bits per heavy atom. The quantitative estimate of drug-likeness (QED) is 0.0509. The highest BCUT2D eigenvalue weighted by atomic mass is 32.2. The van der Waals surface area contributed by atoms with Gasteiger partial charge in [0.25, 0.3) is 0 Å². The molecule has 0 aromatic heterocycles. The number of carbonyl (C=O) groups excluding carboxylic acids is 1. The maximum atomic E-state index is 13.5. The van der Waals surface area contributed by atoms with Crippen LogP contribution >= 0.6 is 11.8 Å². The lowest BCUT2D eigenvalue weighted by Gasteiger charge is -2.50. The summed E-state index contributed by atoms with van der Waals surface area (Å²) in [7, 11) is 0. The first kappa shape index (κ1) is 52.8. The van der Waals surface area contributed by atoms with E-state index in [2.05, 4.69) is 12.1 Å². The Bertz CT molecular complexity index is 2660. The lowest BCUT2D eigenvalue weighted by molar-refractivity contribution is -0.354. The summed E-state index contributed by atoms with van der Waals surface area (Å²) in [5.74, 6) is -0.552. The van der Waals surface area contributed by atoms with Crippen molar-refractivity contribution in [3.05, 3.63) is 246 Å². The first-order valence-electron chi connectivity index (χ1n) is 25.2. The number of thioether (sulfide) groups is 1. The molecule has 2 heterocycles. The molecule has 2 aliphatic heterocycles. The molecular formula is C62H64O11S. The zero-order valence-corrected chi connectivity index (χ0v) is 42.4. The molecule has 0 amide bonds. The van der Waals surface area contributed by atoms with Crippen LogP contribution in [0.25, 0.3) is 0 Å². The first-order valence-corrected chi connectivity index (χ1v) is 26.1. The number of rotatable bonds is 25. The molecule has 7 aromatic rings. The normalized spacial score (nSPS) is 23.7. The van der Waals surface area contributed by atoms with Gasteiger partial charge in [-0.25, -0.2) is 0 Å². The van der Waals surface area contributed by atoms with Crippen LogP contribution in [-0.4, -0.2) is 79.7 Å². The Morgan fingerprint density at radius 2 is 0.730 bits per heavy atom. The maximum absolute atomic E-state index is 13.5. The third-order valence-corrected chi connectivity index (χ3v) is 13.9. The topological polar surface area (TPSA) is 109 Å². The van der Waals surface area contributed by atoms with Crippen molar-refractivity contribution in [3.8, 4) is 0 Å². The molecule has 11 nitrogen and oxygen atoms in total. The molecule has 0 bridgehead atoms. The minimum atomic E-state index is -1.26. The van der Waals surface area contributed by atoms with Crippen molar-refractivity contribution in [2.45, 2.75) is 112 Å². The van der Waals surface area contributed by atoms with E-state index in [4.69, 9.17) is 47.4 Å². The van der Waals surface area contributed by atoms with E-state index in [1.807, 2.05) is 200 Å². The van der Waals surface area contributed by atoms with Gasteiger partial charge in [-0.05, 0) is 45.5 Å². The fourth-order valence-electron chi connectivity index (χ4n) is 9.06. The number of hydrogen-bond acceptors (Lipinski definition) is 12. The van der Waals surface area contributed by atoms with Crippen LogP contribution in [0.5, 0.6) is 0 Å². The van der Waals surface area contributed by atoms with Crippen molar-refractivity contribution >= 4 is 17.7 Å². The molecule has 0 spiro atoms. The fraction of sp³-hybridized carbons (Fsp3) is 0.306. The minimum absolute atomic E-state index is 0.0868. The predicted molar refractivity (Wildman–Crippen MR) is 282 cm³/mol. The molecule has 12 heteroatoms. The Labute approximate surface area is 438 Å². The number of hydrogen-bond donors (Lipinski definition) is 0. The molecule has 0 aliphatic carbocycles. The van der Waals surface area contributed by atoms with E-state index in [0.29, 0.717) is 13.2 Å². The molecule has 10 atom stereocenters. The Balaban J connectivity index is 1.11. The van der Waals surface area contributed by atoms with Crippen molar-refractivity contribution < 1.29 is 52.2 Å². The summed E-state index contributed by atoms with van der Waals surface area (Å²) in [6, 6.07) is 69.8. The summed E-state index contributed by atoms with van der Waals surface area (Å²) < 4.78 is 69.1. The summed E-state index contributed by atoms with van der Waals surface area (Å²) in [6.45, 7) is 3.09. The average Bonchev–Trinajstić information content (AvgIpc) is 3.44. The summed E-state index contributed by atoms with van der Waals surface area (Å²) in [6.07, 6.45) is -8.13. The molecule has 2 saturated heterocycles. The second kappa shape index (κ2) is 28.1. The summed E-state index contributed by atoms with van der Waals surface area (Å²) in [5.41, 5.74) is 5.20. The van der Waals surface area contributed by atoms with Crippen LogP contribution < -0.4 is 0 Å². The molecule has 74 heavy (non-hydrogen) atoms. The van der Waals surface area contributed by atoms with Crippen LogP contribution in [0.2, 0.25) is 0 Å². The van der Waals surface area contributed by atoms with Gasteiger partial charge in [-0.15, -0.1) is 0 Å². The molecule has 0 saturated carbocycles. The molecule has 9 rings (SSSR count). The number of ether oxygens (including phenoxy) is 10. The third kappa shape index (κ3) is 15.5. The van der Waals surface area contributed by atoms with Gasteiger partial charge in [-0.2, -0.15) is 0 Å². The van der Waals surface area contributed by atoms with Crippen molar-refractivity contribution in [1.29, 1.82) is 0 Å². The lowest BCUT2D eigenvalue weighted by Crippen LogP contribution is -2.66. The molecule has 7 aromatic carbocycles. The molecule has 384 valence electrons. The van der Waals surface area contributed by atoms with Gasteiger partial charge in [0.2, 0.25) is 0 Å². The van der Waals surface area contributed by atoms with E-state index in [-0.39, 0.29) is 39.6 Å². The second-order valence-corrected chi connectivity index (χ2v) is 19.4. The van der Waals surface area contributed by atoms with E-state index in [0.717, 1.165) is 38.3 Å². The van der Waals surface area contributed by atoms with Gasteiger partial charge in [-0.1, -0.05) is 212 Å². The van der Waals surface area contributed by atoms with E-state index in [1.165, 1.54) is 6.92 Å². The highest BCUT2D eigenvalue weighted by Gasteiger charge is 2.55. The van der Waals surface area contributed by atoms with Gasteiger partial charge >= 0.3 is 5.97 Å². The van der Waals surface area contributed by atoms with Gasteiger partial charge in [-0.3, -0.25) is 4.79 Å². The van der Waals surface area contributed by atoms with Gasteiger partial charge < -0.3 is 47.4 Å². The van der Waals surface area contributed by atoms with Gasteiger partial charge in [0.05, 0.1) is 52.9 Å². The monoisotopic (exact) mass is 1020 g/mol. The highest BCUT2D eigenvalue weighted by Crippen LogP contribution is 2.40. The fourth-order valence-corrected chi connectivity index (χ4v) is 10.2. The van der Waals surface area contributed by atoms with Gasteiger partial charge in [0, 0.05) is 11.8 Å². The molecule has 2 fully saturated rings. The van der Waals surface area contributed by atoms with E-state index in [9.17, 15) is 4.79 Å². The van der Waals surface area contributed by atoms with Crippen molar-refractivity contribution in [2.24, 2.45) is 0 Å². The summed E-state index contributed by atoms with van der Waals surface area (Å²) in [4.78, 5) is 14.5. The highest BCUT2D eigenvalue weighted by molar-refractivity contribution is 7.99. The lowest BCUT2D eigenvalue weighted by atomic mass is 9.96. The summed E-state index contributed by atoms with van der Waals surface area (Å²) in [5, 5.41) is 0. The number of benzene rings is 7. The van der Waals surface area contributed by atoms with E-state index >= 15 is 0 Å². The average molecular weight is 1020 g/mol. The Kier molecular flexibility index (Phi) is 20.0.